The van der Waals surface area contributed by atoms with E-state index in [1.54, 1.807) is 0 Å². The monoisotopic (exact) mass is 225 g/mol. The predicted octanol–water partition coefficient (Wildman–Crippen LogP) is 0.807. The van der Waals surface area contributed by atoms with Crippen molar-refractivity contribution in [1.82, 2.24) is 5.48 Å². The molecule has 0 saturated heterocycles. The summed E-state index contributed by atoms with van der Waals surface area (Å²) in [6, 6.07) is 8.57. The highest BCUT2D eigenvalue weighted by Gasteiger charge is 2.17. The van der Waals surface area contributed by atoms with Crippen LogP contribution in [0.1, 0.15) is 5.56 Å². The number of hydrogen-bond acceptors (Lipinski definition) is 4. The third-order valence-electron chi connectivity index (χ3n) is 1.98. The van der Waals surface area contributed by atoms with Crippen LogP contribution in [0.4, 0.5) is 0 Å². The van der Waals surface area contributed by atoms with Gasteiger partial charge in [-0.2, -0.15) is 5.48 Å². The van der Waals surface area contributed by atoms with E-state index >= 15 is 0 Å². The van der Waals surface area contributed by atoms with E-state index in [2.05, 4.69) is 10.2 Å². The highest BCUT2D eigenvalue weighted by molar-refractivity contribution is 5.73. The molecular formula is C11H15NO4. The first-order valence-corrected chi connectivity index (χ1v) is 4.87. The van der Waals surface area contributed by atoms with Crippen molar-refractivity contribution >= 4 is 5.97 Å². The predicted molar refractivity (Wildman–Crippen MR) is 57.7 cm³/mol. The molecule has 0 fully saturated rings. The van der Waals surface area contributed by atoms with Crippen molar-refractivity contribution in [3.63, 3.8) is 0 Å². The number of rotatable bonds is 7. The average Bonchev–Trinajstić information content (AvgIpc) is 2.29. The molecule has 88 valence electrons. The highest BCUT2D eigenvalue weighted by atomic mass is 16.7. The molecule has 5 nitrogen and oxygen atoms in total. The summed E-state index contributed by atoms with van der Waals surface area (Å²) in [5, 5.41) is 8.95. The number of benzene rings is 1. The molecule has 0 aliphatic rings. The van der Waals surface area contributed by atoms with Crippen molar-refractivity contribution in [2.75, 3.05) is 13.9 Å². The van der Waals surface area contributed by atoms with Crippen molar-refractivity contribution in [1.29, 1.82) is 0 Å². The summed E-state index contributed by atoms with van der Waals surface area (Å²) in [6.07, 6.45) is 0.361. The Labute approximate surface area is 93.9 Å². The zero-order valence-corrected chi connectivity index (χ0v) is 9.05. The van der Waals surface area contributed by atoms with Gasteiger partial charge in [-0.3, -0.25) is 9.63 Å². The number of methoxy groups -OCH3 is 1. The Hall–Kier alpha value is -1.43. The highest BCUT2D eigenvalue weighted by Crippen LogP contribution is 2.03. The Morgan fingerprint density at radius 2 is 2.12 bits per heavy atom. The first-order valence-electron chi connectivity index (χ1n) is 4.87. The number of carboxylic acids is 1. The number of carboxylic acid groups (broad SMARTS) is 1. The molecule has 0 bridgehead atoms. The van der Waals surface area contributed by atoms with E-state index in [1.807, 2.05) is 30.3 Å². The van der Waals surface area contributed by atoms with Gasteiger partial charge in [0.2, 0.25) is 0 Å². The Morgan fingerprint density at radius 3 is 2.69 bits per heavy atom. The van der Waals surface area contributed by atoms with E-state index < -0.39 is 12.0 Å². The van der Waals surface area contributed by atoms with Crippen LogP contribution in [0.15, 0.2) is 30.3 Å². The number of hydroxylamine groups is 1. The second kappa shape index (κ2) is 6.95. The molecule has 0 amide bonds. The largest absolute Gasteiger partial charge is 0.480 e. The fraction of sp³-hybridized carbons (Fsp3) is 0.364. The van der Waals surface area contributed by atoms with Gasteiger partial charge in [0.15, 0.2) is 6.79 Å². The summed E-state index contributed by atoms with van der Waals surface area (Å²) in [7, 11) is 1.47. The van der Waals surface area contributed by atoms with Gasteiger partial charge in [-0.25, -0.2) is 0 Å². The maximum atomic E-state index is 10.9. The van der Waals surface area contributed by atoms with Crippen LogP contribution in [-0.4, -0.2) is 31.0 Å². The lowest BCUT2D eigenvalue weighted by molar-refractivity contribution is -0.149. The van der Waals surface area contributed by atoms with E-state index in [0.717, 1.165) is 5.56 Å². The van der Waals surface area contributed by atoms with Crippen LogP contribution in [0.3, 0.4) is 0 Å². The smallest absolute Gasteiger partial charge is 0.323 e. The van der Waals surface area contributed by atoms with Gasteiger partial charge >= 0.3 is 5.97 Å². The fourth-order valence-corrected chi connectivity index (χ4v) is 1.22. The summed E-state index contributed by atoms with van der Waals surface area (Å²) in [4.78, 5) is 15.7. The zero-order valence-electron chi connectivity index (χ0n) is 9.05. The Morgan fingerprint density at radius 1 is 1.44 bits per heavy atom. The topological polar surface area (TPSA) is 67.8 Å². The van der Waals surface area contributed by atoms with Crippen molar-refractivity contribution in [2.45, 2.75) is 12.5 Å². The summed E-state index contributed by atoms with van der Waals surface area (Å²) < 4.78 is 4.64. The maximum absolute atomic E-state index is 10.9. The minimum absolute atomic E-state index is 0.0125. The second-order valence-corrected chi connectivity index (χ2v) is 3.25. The number of ether oxygens (including phenoxy) is 1. The summed E-state index contributed by atoms with van der Waals surface area (Å²) in [5.74, 6) is -0.958. The molecule has 0 aromatic heterocycles. The molecular weight excluding hydrogens is 210 g/mol. The van der Waals surface area contributed by atoms with Gasteiger partial charge in [0, 0.05) is 13.5 Å². The van der Waals surface area contributed by atoms with Gasteiger partial charge in [0.25, 0.3) is 0 Å². The molecule has 16 heavy (non-hydrogen) atoms. The lowest BCUT2D eigenvalue weighted by atomic mass is 10.1. The van der Waals surface area contributed by atoms with Crippen LogP contribution in [0.5, 0.6) is 0 Å². The van der Waals surface area contributed by atoms with E-state index in [4.69, 9.17) is 9.94 Å². The molecule has 0 radical (unpaired) electrons. The fourth-order valence-electron chi connectivity index (χ4n) is 1.22. The van der Waals surface area contributed by atoms with Crippen LogP contribution in [0.25, 0.3) is 0 Å². The molecule has 1 aromatic carbocycles. The summed E-state index contributed by atoms with van der Waals surface area (Å²) >= 11 is 0. The SMILES string of the molecule is COCON[C@@H](Cc1ccccc1)C(=O)O. The number of nitrogens with one attached hydrogen (secondary N) is 1. The second-order valence-electron chi connectivity index (χ2n) is 3.25. The maximum Gasteiger partial charge on any atom is 0.323 e. The van der Waals surface area contributed by atoms with Gasteiger partial charge in [-0.15, -0.1) is 0 Å². The normalized spacial score (nSPS) is 12.3. The molecule has 2 N–H and O–H groups in total. The minimum atomic E-state index is -0.958. The third kappa shape index (κ3) is 4.39. The van der Waals surface area contributed by atoms with E-state index in [1.165, 1.54) is 7.11 Å². The summed E-state index contributed by atoms with van der Waals surface area (Å²) in [6.45, 7) is 0.0125. The van der Waals surface area contributed by atoms with Crippen molar-refractivity contribution in [3.8, 4) is 0 Å². The van der Waals surface area contributed by atoms with E-state index in [0.29, 0.717) is 6.42 Å². The van der Waals surface area contributed by atoms with Gasteiger partial charge in [-0.1, -0.05) is 30.3 Å². The Balaban J connectivity index is 2.48. The van der Waals surface area contributed by atoms with Gasteiger partial charge in [0.05, 0.1) is 0 Å². The van der Waals surface area contributed by atoms with Gasteiger partial charge in [0.1, 0.15) is 6.04 Å². The Kier molecular flexibility index (Phi) is 5.49. The molecule has 1 atom stereocenters. The van der Waals surface area contributed by atoms with E-state index in [9.17, 15) is 4.79 Å². The third-order valence-corrected chi connectivity index (χ3v) is 1.98. The van der Waals surface area contributed by atoms with Crippen molar-refractivity contribution in [3.05, 3.63) is 35.9 Å². The molecule has 0 aliphatic carbocycles. The Bertz CT molecular complexity index is 315. The number of hydrogen-bond donors (Lipinski definition) is 2. The van der Waals surface area contributed by atoms with Crippen LogP contribution in [-0.2, 0) is 20.8 Å². The number of aliphatic carboxylic acids is 1. The molecule has 0 saturated carbocycles. The lowest BCUT2D eigenvalue weighted by Crippen LogP contribution is -2.38. The quantitative estimate of drug-likeness (QED) is 0.408. The average molecular weight is 225 g/mol. The van der Waals surface area contributed by atoms with Crippen LogP contribution in [0.2, 0.25) is 0 Å². The standard InChI is InChI=1S/C11H15NO4/c1-15-8-16-12-10(11(13)14)7-9-5-3-2-4-6-9/h2-6,10,12H,7-8H2,1H3,(H,13,14)/t10-/m0/s1. The first kappa shape index (κ1) is 12.6. The summed E-state index contributed by atoms with van der Waals surface area (Å²) in [5.41, 5.74) is 3.38. The molecule has 0 heterocycles. The molecule has 0 unspecified atom stereocenters. The van der Waals surface area contributed by atoms with Crippen LogP contribution in [0, 0.1) is 0 Å². The van der Waals surface area contributed by atoms with Crippen molar-refractivity contribution < 1.29 is 19.5 Å². The zero-order chi connectivity index (χ0) is 11.8. The lowest BCUT2D eigenvalue weighted by Gasteiger charge is -2.13. The van der Waals surface area contributed by atoms with Crippen LogP contribution >= 0.6 is 0 Å². The molecule has 5 heteroatoms. The van der Waals surface area contributed by atoms with Gasteiger partial charge in [-0.05, 0) is 5.56 Å². The molecule has 0 aliphatic heterocycles. The minimum Gasteiger partial charge on any atom is -0.480 e. The molecule has 0 spiro atoms. The van der Waals surface area contributed by atoms with Crippen molar-refractivity contribution in [2.24, 2.45) is 0 Å². The van der Waals surface area contributed by atoms with Gasteiger partial charge < -0.3 is 9.84 Å². The molecule has 1 aromatic rings. The first-order chi connectivity index (χ1) is 7.74. The van der Waals surface area contributed by atoms with E-state index in [-0.39, 0.29) is 6.79 Å². The van der Waals surface area contributed by atoms with Crippen LogP contribution < -0.4 is 5.48 Å². The molecule has 1 rings (SSSR count). The number of carbonyl (C=O) groups is 1.